The normalized spacial score (nSPS) is 15.7. The first-order chi connectivity index (χ1) is 18.2. The molecule has 5 heterocycles. The Morgan fingerprint density at radius 1 is 0.757 bits per heavy atom. The van der Waals surface area contributed by atoms with E-state index in [9.17, 15) is 0 Å². The van der Waals surface area contributed by atoms with Crippen LogP contribution in [-0.4, -0.2) is 36.1 Å². The highest BCUT2D eigenvalue weighted by molar-refractivity contribution is 6.34. The molecule has 5 aromatic rings. The maximum absolute atomic E-state index is 6.06. The molecular weight excluding hydrogens is 484 g/mol. The molecule has 0 saturated carbocycles. The zero-order chi connectivity index (χ0) is 24.8. The molecule has 3 N–H and O–H groups in total. The van der Waals surface area contributed by atoms with E-state index in [-0.39, 0.29) is 0 Å². The van der Waals surface area contributed by atoms with E-state index in [0.717, 1.165) is 65.8 Å². The van der Waals surface area contributed by atoms with Gasteiger partial charge >= 0.3 is 0 Å². The van der Waals surface area contributed by atoms with Crippen LogP contribution in [0, 0.1) is 0 Å². The van der Waals surface area contributed by atoms with Gasteiger partial charge in [-0.25, -0.2) is 19.9 Å². The number of anilines is 2. The summed E-state index contributed by atoms with van der Waals surface area (Å²) >= 11 is 6.06. The van der Waals surface area contributed by atoms with Crippen molar-refractivity contribution >= 4 is 51.4 Å². The summed E-state index contributed by atoms with van der Waals surface area (Å²) in [6.07, 6.45) is 14.5. The Morgan fingerprint density at radius 2 is 1.43 bits per heavy atom. The van der Waals surface area contributed by atoms with E-state index in [0.29, 0.717) is 5.15 Å². The SMILES string of the molecule is C1=NCc2ccc(Nc3ncnc4[nH]c5c(c34)CCCC5)cc21.Clc1ncnc2[nH]c3c(c12)CCCC3. The average molecular weight is 511 g/mol. The van der Waals surface area contributed by atoms with Gasteiger partial charge in [-0.3, -0.25) is 4.99 Å². The van der Waals surface area contributed by atoms with Crippen LogP contribution in [0.3, 0.4) is 0 Å². The standard InChI is InChI=1S/C18H17N5.C10H10ClN3/c1-2-4-15-14(3-1)16-17(20-10-21-18(16)23-15)22-13-6-5-11-8-19-9-12(11)7-13;11-9-8-6-3-1-2-4-7(6)14-10(8)13-5-12-9/h5-7,9-10H,1-4,8H2,(H2,20,21,22,23);5H,1-4H2,(H,12,13,14). The summed E-state index contributed by atoms with van der Waals surface area (Å²) in [7, 11) is 0. The van der Waals surface area contributed by atoms with Gasteiger partial charge < -0.3 is 15.3 Å². The van der Waals surface area contributed by atoms with Crippen molar-refractivity contribution in [1.29, 1.82) is 0 Å². The van der Waals surface area contributed by atoms with Crippen LogP contribution in [0.1, 0.15) is 59.3 Å². The topological polar surface area (TPSA) is 108 Å². The van der Waals surface area contributed by atoms with Crippen LogP contribution in [0.15, 0.2) is 35.8 Å². The van der Waals surface area contributed by atoms with E-state index < -0.39 is 0 Å². The second-order valence-corrected chi connectivity index (χ2v) is 10.3. The zero-order valence-corrected chi connectivity index (χ0v) is 21.2. The lowest BCUT2D eigenvalue weighted by Crippen LogP contribution is -2.02. The number of benzene rings is 1. The molecule has 0 bridgehead atoms. The fourth-order valence-electron chi connectivity index (χ4n) is 5.83. The fourth-order valence-corrected chi connectivity index (χ4v) is 6.07. The van der Waals surface area contributed by atoms with Gasteiger partial charge in [-0.1, -0.05) is 17.7 Å². The minimum Gasteiger partial charge on any atom is -0.343 e. The predicted octanol–water partition coefficient (Wildman–Crippen LogP) is 6.00. The van der Waals surface area contributed by atoms with Crippen molar-refractivity contribution in [2.75, 3.05) is 5.32 Å². The number of nitrogens with one attached hydrogen (secondary N) is 3. The number of aryl methyl sites for hydroxylation is 4. The Hall–Kier alpha value is -3.78. The summed E-state index contributed by atoms with van der Waals surface area (Å²) in [5, 5.41) is 6.24. The van der Waals surface area contributed by atoms with Crippen LogP contribution in [0.4, 0.5) is 11.5 Å². The van der Waals surface area contributed by atoms with Gasteiger partial charge in [0, 0.05) is 23.3 Å². The van der Waals surface area contributed by atoms with E-state index in [1.165, 1.54) is 65.7 Å². The molecular formula is C28H27ClN8. The number of hydrogen-bond donors (Lipinski definition) is 3. The van der Waals surface area contributed by atoms with E-state index in [1.54, 1.807) is 6.33 Å². The van der Waals surface area contributed by atoms with Crippen LogP contribution in [0.2, 0.25) is 5.15 Å². The first kappa shape index (κ1) is 22.4. The molecule has 0 spiro atoms. The molecule has 0 saturated heterocycles. The van der Waals surface area contributed by atoms with Crippen molar-refractivity contribution in [3.05, 3.63) is 69.6 Å². The van der Waals surface area contributed by atoms with E-state index >= 15 is 0 Å². The molecule has 8 nitrogen and oxygen atoms in total. The highest BCUT2D eigenvalue weighted by atomic mass is 35.5. The van der Waals surface area contributed by atoms with Gasteiger partial charge in [0.05, 0.1) is 17.3 Å². The van der Waals surface area contributed by atoms with Gasteiger partial charge in [-0.2, -0.15) is 0 Å². The van der Waals surface area contributed by atoms with Crippen LogP contribution in [0.25, 0.3) is 22.1 Å². The van der Waals surface area contributed by atoms with Gasteiger partial charge in [0.25, 0.3) is 0 Å². The Bertz CT molecular complexity index is 1660. The van der Waals surface area contributed by atoms with E-state index in [2.05, 4.69) is 58.4 Å². The molecule has 37 heavy (non-hydrogen) atoms. The third kappa shape index (κ3) is 4.05. The van der Waals surface area contributed by atoms with Gasteiger partial charge in [0.2, 0.25) is 0 Å². The summed E-state index contributed by atoms with van der Waals surface area (Å²) in [4.78, 5) is 28.2. The minimum absolute atomic E-state index is 0.578. The Labute approximate surface area is 219 Å². The van der Waals surface area contributed by atoms with Crippen molar-refractivity contribution in [1.82, 2.24) is 29.9 Å². The summed E-state index contributed by atoms with van der Waals surface area (Å²) in [6, 6.07) is 6.37. The number of H-pyrrole nitrogens is 2. The molecule has 2 aliphatic carbocycles. The molecule has 1 aromatic carbocycles. The third-order valence-corrected chi connectivity index (χ3v) is 7.91. The number of rotatable bonds is 2. The molecule has 0 atom stereocenters. The smallest absolute Gasteiger partial charge is 0.143 e. The van der Waals surface area contributed by atoms with Crippen LogP contribution < -0.4 is 5.32 Å². The van der Waals surface area contributed by atoms with E-state index in [4.69, 9.17) is 11.6 Å². The largest absolute Gasteiger partial charge is 0.343 e. The fraction of sp³-hybridized carbons (Fsp3) is 0.321. The minimum atomic E-state index is 0.578. The quantitative estimate of drug-likeness (QED) is 0.252. The highest BCUT2D eigenvalue weighted by Gasteiger charge is 2.20. The predicted molar refractivity (Wildman–Crippen MR) is 147 cm³/mol. The van der Waals surface area contributed by atoms with E-state index in [1.807, 2.05) is 6.21 Å². The summed E-state index contributed by atoms with van der Waals surface area (Å²) in [6.45, 7) is 0.790. The molecule has 4 aromatic heterocycles. The molecule has 0 radical (unpaired) electrons. The molecule has 8 rings (SSSR count). The maximum Gasteiger partial charge on any atom is 0.143 e. The lowest BCUT2D eigenvalue weighted by atomic mass is 9.96. The molecule has 0 unspecified atom stereocenters. The highest BCUT2D eigenvalue weighted by Crippen LogP contribution is 2.34. The molecule has 0 fully saturated rings. The summed E-state index contributed by atoms with van der Waals surface area (Å²) in [5.74, 6) is 0.893. The van der Waals surface area contributed by atoms with Gasteiger partial charge in [0.15, 0.2) is 0 Å². The Morgan fingerprint density at radius 3 is 2.22 bits per heavy atom. The van der Waals surface area contributed by atoms with Crippen molar-refractivity contribution in [2.45, 2.75) is 57.9 Å². The Kier molecular flexibility index (Phi) is 5.61. The molecule has 3 aliphatic rings. The number of hydrogen-bond acceptors (Lipinski definition) is 6. The maximum atomic E-state index is 6.06. The number of aromatic nitrogens is 6. The third-order valence-electron chi connectivity index (χ3n) is 7.63. The van der Waals surface area contributed by atoms with Crippen molar-refractivity contribution in [3.8, 4) is 0 Å². The first-order valence-corrected chi connectivity index (χ1v) is 13.4. The van der Waals surface area contributed by atoms with Crippen LogP contribution in [0.5, 0.6) is 0 Å². The Balaban J connectivity index is 0.000000141. The van der Waals surface area contributed by atoms with Crippen LogP contribution >= 0.6 is 11.6 Å². The number of fused-ring (bicyclic) bond motifs is 7. The summed E-state index contributed by atoms with van der Waals surface area (Å²) in [5.41, 5.74) is 10.7. The molecule has 0 amide bonds. The van der Waals surface area contributed by atoms with Crippen molar-refractivity contribution in [2.24, 2.45) is 4.99 Å². The average Bonchev–Trinajstić information content (AvgIpc) is 3.64. The lowest BCUT2D eigenvalue weighted by molar-refractivity contribution is 0.680. The second kappa shape index (κ2) is 9.27. The van der Waals surface area contributed by atoms with Crippen molar-refractivity contribution in [3.63, 3.8) is 0 Å². The lowest BCUT2D eigenvalue weighted by Gasteiger charge is -2.12. The number of aliphatic imine (C=N–C) groups is 1. The van der Waals surface area contributed by atoms with Gasteiger partial charge in [0.1, 0.15) is 34.9 Å². The van der Waals surface area contributed by atoms with Crippen LogP contribution in [-0.2, 0) is 32.2 Å². The van der Waals surface area contributed by atoms with Crippen molar-refractivity contribution < 1.29 is 0 Å². The van der Waals surface area contributed by atoms with Gasteiger partial charge in [-0.15, -0.1) is 0 Å². The molecule has 9 heteroatoms. The molecule has 186 valence electrons. The molecule has 1 aliphatic heterocycles. The van der Waals surface area contributed by atoms with Gasteiger partial charge in [-0.05, 0) is 85.8 Å². The second-order valence-electron chi connectivity index (χ2n) is 9.92. The number of halogens is 1. The number of nitrogens with zero attached hydrogens (tertiary/aromatic N) is 5. The number of aromatic amines is 2. The zero-order valence-electron chi connectivity index (χ0n) is 20.4. The monoisotopic (exact) mass is 510 g/mol. The first-order valence-electron chi connectivity index (χ1n) is 13.0. The summed E-state index contributed by atoms with van der Waals surface area (Å²) < 4.78 is 0.